The lowest BCUT2D eigenvalue weighted by atomic mass is 9.76. The van der Waals surface area contributed by atoms with E-state index in [0.717, 1.165) is 22.8 Å². The van der Waals surface area contributed by atoms with Gasteiger partial charge in [-0.05, 0) is 49.4 Å². The number of ether oxygens (including phenoxy) is 1. The molecule has 1 N–H and O–H groups in total. The van der Waals surface area contributed by atoms with Crippen LogP contribution in [0.3, 0.4) is 0 Å². The second-order valence-corrected chi connectivity index (χ2v) is 6.99. The summed E-state index contributed by atoms with van der Waals surface area (Å²) in [6.45, 7) is 4.81. The first kappa shape index (κ1) is 15.6. The Morgan fingerprint density at radius 2 is 2.00 bits per heavy atom. The molecule has 24 heavy (non-hydrogen) atoms. The third-order valence-electron chi connectivity index (χ3n) is 5.29. The minimum atomic E-state index is 0.234. The van der Waals surface area contributed by atoms with Crippen molar-refractivity contribution in [1.82, 2.24) is 0 Å². The Labute approximate surface area is 148 Å². The molecule has 0 radical (unpaired) electrons. The molecule has 2 aromatic rings. The van der Waals surface area contributed by atoms with Crippen molar-refractivity contribution in [3.8, 4) is 5.75 Å². The van der Waals surface area contributed by atoms with E-state index in [0.29, 0.717) is 18.4 Å². The molecule has 0 saturated heterocycles. The highest BCUT2D eigenvalue weighted by atomic mass is 35.5. The van der Waals surface area contributed by atoms with Gasteiger partial charge in [-0.2, -0.15) is 0 Å². The zero-order chi connectivity index (χ0) is 16.7. The molecule has 1 aliphatic heterocycles. The highest BCUT2D eigenvalue weighted by Gasteiger charge is 2.39. The van der Waals surface area contributed by atoms with Crippen molar-refractivity contribution in [2.45, 2.75) is 32.2 Å². The summed E-state index contributed by atoms with van der Waals surface area (Å²) in [5, 5.41) is 4.61. The third kappa shape index (κ3) is 2.41. The number of fused-ring (bicyclic) bond motifs is 3. The average Bonchev–Trinajstić information content (AvgIpc) is 3.08. The molecule has 1 aliphatic carbocycles. The van der Waals surface area contributed by atoms with Gasteiger partial charge in [0.25, 0.3) is 0 Å². The number of hydrogen-bond donors (Lipinski definition) is 1. The van der Waals surface area contributed by atoms with Crippen molar-refractivity contribution >= 4 is 17.3 Å². The lowest BCUT2D eigenvalue weighted by Gasteiger charge is -2.39. The Hall–Kier alpha value is -1.93. The molecule has 0 spiro atoms. The van der Waals surface area contributed by atoms with E-state index in [1.54, 1.807) is 0 Å². The minimum absolute atomic E-state index is 0.234. The standard InChI is InChI=1S/C21H22ClNO/c1-3-24-19-10-5-4-7-17(19)21-15-9-6-8-14(15)16-11-12-18(22)13(2)20(16)23-21/h4-8,10-12,14-15,21,23H,3,9H2,1-2H3. The van der Waals surface area contributed by atoms with Crippen molar-refractivity contribution in [2.24, 2.45) is 5.92 Å². The molecule has 1 heterocycles. The third-order valence-corrected chi connectivity index (χ3v) is 5.69. The van der Waals surface area contributed by atoms with Gasteiger partial charge in [0.2, 0.25) is 0 Å². The highest BCUT2D eigenvalue weighted by Crippen LogP contribution is 2.52. The van der Waals surface area contributed by atoms with Crippen molar-refractivity contribution in [2.75, 3.05) is 11.9 Å². The van der Waals surface area contributed by atoms with E-state index in [2.05, 4.69) is 48.7 Å². The summed E-state index contributed by atoms with van der Waals surface area (Å²) >= 11 is 6.38. The number of allylic oxidation sites excluding steroid dienone is 2. The maximum atomic E-state index is 6.38. The monoisotopic (exact) mass is 339 g/mol. The number of benzene rings is 2. The van der Waals surface area contributed by atoms with Crippen molar-refractivity contribution in [3.05, 3.63) is 70.3 Å². The Morgan fingerprint density at radius 3 is 2.83 bits per heavy atom. The van der Waals surface area contributed by atoms with E-state index in [9.17, 15) is 0 Å². The summed E-state index contributed by atoms with van der Waals surface area (Å²) in [6.07, 6.45) is 5.75. The zero-order valence-electron chi connectivity index (χ0n) is 14.1. The maximum Gasteiger partial charge on any atom is 0.124 e. The SMILES string of the molecule is CCOc1ccccc1C1Nc2c(ccc(Cl)c2C)C2C=CCC21. The number of hydrogen-bond acceptors (Lipinski definition) is 2. The van der Waals surface area contributed by atoms with Gasteiger partial charge in [0.05, 0.1) is 12.6 Å². The lowest BCUT2D eigenvalue weighted by Crippen LogP contribution is -2.30. The fourth-order valence-electron chi connectivity index (χ4n) is 4.12. The Kier molecular flexibility index (Phi) is 4.01. The molecule has 3 heteroatoms. The normalized spacial score (nSPS) is 24.2. The summed E-state index contributed by atoms with van der Waals surface area (Å²) < 4.78 is 5.89. The predicted octanol–water partition coefficient (Wildman–Crippen LogP) is 5.87. The fourth-order valence-corrected chi connectivity index (χ4v) is 4.28. The van der Waals surface area contributed by atoms with Gasteiger partial charge in [0.1, 0.15) is 5.75 Å². The van der Waals surface area contributed by atoms with Crippen LogP contribution < -0.4 is 10.1 Å². The first-order valence-corrected chi connectivity index (χ1v) is 9.02. The molecule has 0 amide bonds. The number of nitrogens with one attached hydrogen (secondary N) is 1. The molecule has 124 valence electrons. The fraction of sp³-hybridized carbons (Fsp3) is 0.333. The van der Waals surface area contributed by atoms with Gasteiger partial charge in [-0.15, -0.1) is 0 Å². The van der Waals surface area contributed by atoms with E-state index in [-0.39, 0.29) is 6.04 Å². The van der Waals surface area contributed by atoms with Gasteiger partial charge in [-0.1, -0.05) is 48.0 Å². The summed E-state index contributed by atoms with van der Waals surface area (Å²) in [7, 11) is 0. The molecule has 3 atom stereocenters. The Bertz CT molecular complexity index is 798. The lowest BCUT2D eigenvalue weighted by molar-refractivity contribution is 0.326. The van der Waals surface area contributed by atoms with Crippen LogP contribution in [0, 0.1) is 12.8 Å². The van der Waals surface area contributed by atoms with E-state index >= 15 is 0 Å². The van der Waals surface area contributed by atoms with Gasteiger partial charge >= 0.3 is 0 Å². The van der Waals surface area contributed by atoms with Crippen LogP contribution in [-0.2, 0) is 0 Å². The summed E-state index contributed by atoms with van der Waals surface area (Å²) in [6, 6.07) is 12.8. The topological polar surface area (TPSA) is 21.3 Å². The van der Waals surface area contributed by atoms with Gasteiger partial charge in [0.15, 0.2) is 0 Å². The molecule has 0 saturated carbocycles. The van der Waals surface area contributed by atoms with Crippen LogP contribution in [0.4, 0.5) is 5.69 Å². The Morgan fingerprint density at radius 1 is 1.17 bits per heavy atom. The van der Waals surface area contributed by atoms with E-state index in [1.165, 1.54) is 16.8 Å². The van der Waals surface area contributed by atoms with Crippen LogP contribution in [-0.4, -0.2) is 6.61 Å². The van der Waals surface area contributed by atoms with Gasteiger partial charge in [0, 0.05) is 22.2 Å². The molecule has 0 fully saturated rings. The molecule has 3 unspecified atom stereocenters. The summed E-state index contributed by atoms with van der Waals surface area (Å²) in [4.78, 5) is 0. The van der Waals surface area contributed by atoms with Crippen LogP contribution in [0.15, 0.2) is 48.6 Å². The largest absolute Gasteiger partial charge is 0.494 e. The van der Waals surface area contributed by atoms with Gasteiger partial charge < -0.3 is 10.1 Å². The average molecular weight is 340 g/mol. The van der Waals surface area contributed by atoms with Crippen LogP contribution >= 0.6 is 11.6 Å². The number of para-hydroxylation sites is 1. The van der Waals surface area contributed by atoms with Crippen LogP contribution in [0.2, 0.25) is 5.02 Å². The molecule has 2 aromatic carbocycles. The highest BCUT2D eigenvalue weighted by molar-refractivity contribution is 6.31. The van der Waals surface area contributed by atoms with Crippen molar-refractivity contribution < 1.29 is 4.74 Å². The molecule has 4 rings (SSSR count). The predicted molar refractivity (Wildman–Crippen MR) is 100 cm³/mol. The second-order valence-electron chi connectivity index (χ2n) is 6.58. The smallest absolute Gasteiger partial charge is 0.124 e. The second kappa shape index (κ2) is 6.18. The molecule has 2 aliphatic rings. The first-order valence-electron chi connectivity index (χ1n) is 8.64. The summed E-state index contributed by atoms with van der Waals surface area (Å²) in [5.74, 6) is 1.93. The van der Waals surface area contributed by atoms with Crippen LogP contribution in [0.25, 0.3) is 0 Å². The summed E-state index contributed by atoms with van der Waals surface area (Å²) in [5.41, 5.74) is 4.92. The van der Waals surface area contributed by atoms with Gasteiger partial charge in [-0.3, -0.25) is 0 Å². The van der Waals surface area contributed by atoms with Crippen LogP contribution in [0.1, 0.15) is 42.0 Å². The maximum absolute atomic E-state index is 6.38. The number of rotatable bonds is 3. The molecular formula is C21H22ClNO. The number of anilines is 1. The van der Waals surface area contributed by atoms with Crippen molar-refractivity contribution in [3.63, 3.8) is 0 Å². The molecule has 0 bridgehead atoms. The Balaban J connectivity index is 1.82. The van der Waals surface area contributed by atoms with Crippen LogP contribution in [0.5, 0.6) is 5.75 Å². The molecular weight excluding hydrogens is 318 g/mol. The number of halogens is 1. The quantitative estimate of drug-likeness (QED) is 0.706. The van der Waals surface area contributed by atoms with E-state index in [1.807, 2.05) is 19.1 Å². The minimum Gasteiger partial charge on any atom is -0.494 e. The first-order chi connectivity index (χ1) is 11.7. The zero-order valence-corrected chi connectivity index (χ0v) is 14.8. The molecule has 2 nitrogen and oxygen atoms in total. The van der Waals surface area contributed by atoms with E-state index in [4.69, 9.17) is 16.3 Å². The van der Waals surface area contributed by atoms with Crippen molar-refractivity contribution in [1.29, 1.82) is 0 Å². The molecule has 0 aromatic heterocycles. The van der Waals surface area contributed by atoms with E-state index < -0.39 is 0 Å². The van der Waals surface area contributed by atoms with Gasteiger partial charge in [-0.25, -0.2) is 0 Å².